The molecule has 2 nitrogen and oxygen atoms in total. The van der Waals surface area contributed by atoms with Crippen LogP contribution in [0, 0.1) is 5.82 Å². The Bertz CT molecular complexity index is 462. The van der Waals surface area contributed by atoms with Crippen LogP contribution in [-0.4, -0.2) is 34.7 Å². The molecule has 1 heterocycles. The van der Waals surface area contributed by atoms with Crippen molar-refractivity contribution in [1.82, 2.24) is 4.90 Å². The number of aliphatic hydroxyl groups excluding tert-OH is 1. The molecule has 2 rings (SSSR count). The van der Waals surface area contributed by atoms with Crippen LogP contribution in [0.25, 0.3) is 0 Å². The highest BCUT2D eigenvalue weighted by Crippen LogP contribution is 2.30. The molecule has 0 saturated carbocycles. The molecule has 0 spiro atoms. The van der Waals surface area contributed by atoms with E-state index in [1.54, 1.807) is 12.1 Å². The molecule has 1 aromatic carbocycles. The van der Waals surface area contributed by atoms with Gasteiger partial charge >= 0.3 is 0 Å². The zero-order chi connectivity index (χ0) is 14.8. The number of nitrogens with zero attached hydrogens (tertiary/aromatic N) is 1. The molecule has 1 N–H and O–H groups in total. The van der Waals surface area contributed by atoms with E-state index in [2.05, 4.69) is 34.7 Å². The van der Waals surface area contributed by atoms with Crippen molar-refractivity contribution < 1.29 is 9.50 Å². The van der Waals surface area contributed by atoms with E-state index in [0.717, 1.165) is 24.0 Å². The topological polar surface area (TPSA) is 23.5 Å². The van der Waals surface area contributed by atoms with Crippen LogP contribution >= 0.6 is 15.9 Å². The van der Waals surface area contributed by atoms with Crippen LogP contribution < -0.4 is 0 Å². The van der Waals surface area contributed by atoms with E-state index in [0.29, 0.717) is 12.0 Å². The molecule has 1 aliphatic heterocycles. The van der Waals surface area contributed by atoms with Crippen molar-refractivity contribution in [2.75, 3.05) is 13.1 Å². The summed E-state index contributed by atoms with van der Waals surface area (Å²) in [7, 11) is 0. The van der Waals surface area contributed by atoms with Gasteiger partial charge in [0.15, 0.2) is 0 Å². The van der Waals surface area contributed by atoms with Crippen molar-refractivity contribution in [1.29, 1.82) is 0 Å². The Morgan fingerprint density at radius 2 is 2.05 bits per heavy atom. The number of hydrogen-bond acceptors (Lipinski definition) is 2. The Labute approximate surface area is 129 Å². The van der Waals surface area contributed by atoms with Crippen molar-refractivity contribution in [2.45, 2.75) is 51.2 Å². The van der Waals surface area contributed by atoms with Crippen molar-refractivity contribution in [3.8, 4) is 0 Å². The summed E-state index contributed by atoms with van der Waals surface area (Å²) in [6.45, 7) is 6.25. The first-order valence-corrected chi connectivity index (χ1v) is 8.13. The Balaban J connectivity index is 2.16. The van der Waals surface area contributed by atoms with Gasteiger partial charge in [-0.2, -0.15) is 0 Å². The first-order chi connectivity index (χ1) is 9.47. The summed E-state index contributed by atoms with van der Waals surface area (Å²) in [5.74, 6) is -0.243. The number of rotatable bonds is 5. The van der Waals surface area contributed by atoms with Crippen LogP contribution in [0.4, 0.5) is 4.39 Å². The smallest absolute Gasteiger partial charge is 0.126 e. The summed E-state index contributed by atoms with van der Waals surface area (Å²) in [5, 5.41) is 10.7. The molecule has 0 bridgehead atoms. The van der Waals surface area contributed by atoms with Crippen LogP contribution in [0.1, 0.15) is 38.7 Å². The molecule has 4 heteroatoms. The van der Waals surface area contributed by atoms with Crippen LogP contribution in [-0.2, 0) is 6.42 Å². The summed E-state index contributed by atoms with van der Waals surface area (Å²) in [5.41, 5.74) is 0.302. The fraction of sp³-hybridized carbons (Fsp3) is 0.625. The quantitative estimate of drug-likeness (QED) is 0.879. The van der Waals surface area contributed by atoms with E-state index in [1.807, 2.05) is 0 Å². The molecule has 20 heavy (non-hydrogen) atoms. The van der Waals surface area contributed by atoms with Crippen LogP contribution in [0.3, 0.4) is 0 Å². The summed E-state index contributed by atoms with van der Waals surface area (Å²) >= 11 is 3.36. The molecular formula is C16H23BrFNO. The van der Waals surface area contributed by atoms with Gasteiger partial charge in [-0.3, -0.25) is 4.90 Å². The fourth-order valence-corrected chi connectivity index (χ4v) is 3.43. The summed E-state index contributed by atoms with van der Waals surface area (Å²) in [6, 6.07) is 4.90. The van der Waals surface area contributed by atoms with Gasteiger partial charge in [-0.15, -0.1) is 0 Å². The second-order valence-corrected chi connectivity index (χ2v) is 6.78. The maximum atomic E-state index is 13.9. The van der Waals surface area contributed by atoms with Gasteiger partial charge < -0.3 is 5.11 Å². The summed E-state index contributed by atoms with van der Waals surface area (Å²) < 4.78 is 14.7. The van der Waals surface area contributed by atoms with Crippen LogP contribution in [0.5, 0.6) is 0 Å². The highest BCUT2D eigenvalue weighted by Gasteiger charge is 2.38. The standard InChI is InChI=1S/C16H23BrFNO/c1-3-16(2,19-8-4-5-9-19)15(20)11-12-10-13(17)6-7-14(12)18/h6-7,10,15,20H,3-5,8-9,11H2,1-2H3. The van der Waals surface area contributed by atoms with Gasteiger partial charge in [-0.05, 0) is 63.0 Å². The molecule has 2 atom stereocenters. The average Bonchev–Trinajstić information content (AvgIpc) is 2.96. The maximum absolute atomic E-state index is 13.9. The van der Waals surface area contributed by atoms with E-state index >= 15 is 0 Å². The predicted octanol–water partition coefficient (Wildman–Crippen LogP) is 3.76. The average molecular weight is 344 g/mol. The van der Waals surface area contributed by atoms with Gasteiger partial charge in [0, 0.05) is 16.4 Å². The van der Waals surface area contributed by atoms with Gasteiger partial charge in [0.25, 0.3) is 0 Å². The lowest BCUT2D eigenvalue weighted by molar-refractivity contribution is -0.0121. The third kappa shape index (κ3) is 3.23. The molecule has 1 saturated heterocycles. The number of aliphatic hydroxyl groups is 1. The predicted molar refractivity (Wildman–Crippen MR) is 83.3 cm³/mol. The van der Waals surface area contributed by atoms with E-state index in [4.69, 9.17) is 0 Å². The largest absolute Gasteiger partial charge is 0.391 e. The van der Waals surface area contributed by atoms with Crippen molar-refractivity contribution in [3.05, 3.63) is 34.1 Å². The highest BCUT2D eigenvalue weighted by atomic mass is 79.9. The first kappa shape index (κ1) is 15.9. The molecular weight excluding hydrogens is 321 g/mol. The minimum atomic E-state index is -0.561. The molecule has 2 unspecified atom stereocenters. The summed E-state index contributed by atoms with van der Waals surface area (Å²) in [6.07, 6.45) is 3.03. The Morgan fingerprint density at radius 1 is 1.40 bits per heavy atom. The van der Waals surface area contributed by atoms with Crippen LogP contribution in [0.15, 0.2) is 22.7 Å². The lowest BCUT2D eigenvalue weighted by Gasteiger charge is -2.42. The Kier molecular flexibility index (Phi) is 5.21. The second kappa shape index (κ2) is 6.54. The third-order valence-corrected chi connectivity index (χ3v) is 5.18. The Hall–Kier alpha value is -0.450. The van der Waals surface area contributed by atoms with E-state index in [9.17, 15) is 9.50 Å². The molecule has 0 aliphatic carbocycles. The lowest BCUT2D eigenvalue weighted by atomic mass is 9.86. The van der Waals surface area contributed by atoms with E-state index in [1.165, 1.54) is 18.9 Å². The van der Waals surface area contributed by atoms with Crippen molar-refractivity contribution in [3.63, 3.8) is 0 Å². The Morgan fingerprint density at radius 3 is 2.65 bits per heavy atom. The number of halogens is 2. The maximum Gasteiger partial charge on any atom is 0.126 e. The number of benzene rings is 1. The van der Waals surface area contributed by atoms with Crippen molar-refractivity contribution >= 4 is 15.9 Å². The number of hydrogen-bond donors (Lipinski definition) is 1. The van der Waals surface area contributed by atoms with E-state index in [-0.39, 0.29) is 11.4 Å². The molecule has 0 amide bonds. The van der Waals surface area contributed by atoms with Gasteiger partial charge in [-0.1, -0.05) is 22.9 Å². The second-order valence-electron chi connectivity index (χ2n) is 5.86. The zero-order valence-electron chi connectivity index (χ0n) is 12.2. The molecule has 1 aliphatic rings. The molecule has 112 valence electrons. The SMILES string of the molecule is CCC(C)(C(O)Cc1cc(Br)ccc1F)N1CCCC1. The fourth-order valence-electron chi connectivity index (χ4n) is 3.03. The minimum absolute atomic E-state index is 0.243. The third-order valence-electron chi connectivity index (χ3n) is 4.68. The monoisotopic (exact) mass is 343 g/mol. The van der Waals surface area contributed by atoms with Gasteiger partial charge in [0.2, 0.25) is 0 Å². The van der Waals surface area contributed by atoms with Gasteiger partial charge in [0.1, 0.15) is 5.82 Å². The van der Waals surface area contributed by atoms with E-state index < -0.39 is 6.10 Å². The minimum Gasteiger partial charge on any atom is -0.391 e. The van der Waals surface area contributed by atoms with Gasteiger partial charge in [0.05, 0.1) is 6.10 Å². The molecule has 0 radical (unpaired) electrons. The first-order valence-electron chi connectivity index (χ1n) is 7.34. The molecule has 0 aromatic heterocycles. The summed E-state index contributed by atoms with van der Waals surface area (Å²) in [4.78, 5) is 2.35. The zero-order valence-corrected chi connectivity index (χ0v) is 13.8. The highest BCUT2D eigenvalue weighted by molar-refractivity contribution is 9.10. The van der Waals surface area contributed by atoms with Crippen molar-refractivity contribution in [2.24, 2.45) is 0 Å². The molecule has 1 fully saturated rings. The number of likely N-dealkylation sites (tertiary alicyclic amines) is 1. The van der Waals surface area contributed by atoms with Crippen LogP contribution in [0.2, 0.25) is 0 Å². The normalized spacial score (nSPS) is 20.9. The van der Waals surface area contributed by atoms with Gasteiger partial charge in [-0.25, -0.2) is 4.39 Å². The lowest BCUT2D eigenvalue weighted by Crippen LogP contribution is -2.53. The molecule has 1 aromatic rings.